The Morgan fingerprint density at radius 1 is 1.08 bits per heavy atom. The molecule has 26 heavy (non-hydrogen) atoms. The molecule has 0 amide bonds. The van der Waals surface area contributed by atoms with Crippen molar-refractivity contribution in [3.05, 3.63) is 76.5 Å². The number of aliphatic imine (C=N–C) groups is 1. The molecule has 5 nitrogen and oxygen atoms in total. The number of cyclic esters (lactones) is 1. The molecule has 1 aliphatic rings. The largest absolute Gasteiger partial charge is 0.465 e. The fourth-order valence-corrected chi connectivity index (χ4v) is 2.53. The maximum atomic E-state index is 12.1. The number of nitrogens with zero attached hydrogens (tertiary/aromatic N) is 1. The van der Waals surface area contributed by atoms with E-state index in [1.54, 1.807) is 30.3 Å². The summed E-state index contributed by atoms with van der Waals surface area (Å²) in [5.41, 5.74) is 3.37. The first kappa shape index (κ1) is 17.6. The Morgan fingerprint density at radius 2 is 1.73 bits per heavy atom. The summed E-state index contributed by atoms with van der Waals surface area (Å²) in [5, 5.41) is 0. The standard InChI is InChI=1S/C21H19NO4/c1-13(2)15-8-10-16(11-9-15)19-22-18(21(24)26-19)12-14-4-6-17(7-5-14)20(23)25-3/h4-13H,1-3H3/b18-12-. The lowest BCUT2D eigenvalue weighted by Gasteiger charge is -2.05. The van der Waals surface area contributed by atoms with Crippen LogP contribution in [0.15, 0.2) is 59.2 Å². The average Bonchev–Trinajstić information content (AvgIpc) is 3.02. The molecule has 0 saturated heterocycles. The van der Waals surface area contributed by atoms with E-state index in [1.807, 2.05) is 24.3 Å². The molecule has 0 aromatic heterocycles. The van der Waals surface area contributed by atoms with E-state index in [4.69, 9.17) is 4.74 Å². The fourth-order valence-electron chi connectivity index (χ4n) is 2.53. The molecular formula is C21H19NO4. The third kappa shape index (κ3) is 3.72. The van der Waals surface area contributed by atoms with E-state index in [0.29, 0.717) is 17.4 Å². The summed E-state index contributed by atoms with van der Waals surface area (Å²) in [6.07, 6.45) is 1.62. The number of hydrogen-bond acceptors (Lipinski definition) is 5. The van der Waals surface area contributed by atoms with Crippen LogP contribution in [0.4, 0.5) is 0 Å². The highest BCUT2D eigenvalue weighted by atomic mass is 16.6. The van der Waals surface area contributed by atoms with E-state index in [0.717, 1.165) is 11.1 Å². The van der Waals surface area contributed by atoms with Crippen LogP contribution in [-0.4, -0.2) is 24.9 Å². The molecule has 0 saturated carbocycles. The molecular weight excluding hydrogens is 330 g/mol. The van der Waals surface area contributed by atoms with Crippen molar-refractivity contribution in [1.82, 2.24) is 0 Å². The molecule has 0 N–H and O–H groups in total. The predicted octanol–water partition coefficient (Wildman–Crippen LogP) is 3.94. The third-order valence-electron chi connectivity index (χ3n) is 4.08. The number of benzene rings is 2. The highest BCUT2D eigenvalue weighted by molar-refractivity contribution is 6.12. The maximum Gasteiger partial charge on any atom is 0.363 e. The van der Waals surface area contributed by atoms with Crippen LogP contribution < -0.4 is 0 Å². The number of hydrogen-bond donors (Lipinski definition) is 0. The van der Waals surface area contributed by atoms with Crippen LogP contribution in [0.1, 0.15) is 46.8 Å². The molecule has 0 bridgehead atoms. The second kappa shape index (κ2) is 7.35. The first-order valence-corrected chi connectivity index (χ1v) is 8.29. The summed E-state index contributed by atoms with van der Waals surface area (Å²) in [6, 6.07) is 14.5. The van der Waals surface area contributed by atoms with E-state index in [1.165, 1.54) is 12.7 Å². The van der Waals surface area contributed by atoms with Gasteiger partial charge in [-0.15, -0.1) is 0 Å². The Kier molecular flexibility index (Phi) is 4.98. The molecule has 0 aliphatic carbocycles. The van der Waals surface area contributed by atoms with Gasteiger partial charge in [0.25, 0.3) is 0 Å². The van der Waals surface area contributed by atoms with Crippen molar-refractivity contribution in [2.75, 3.05) is 7.11 Å². The Bertz CT molecular complexity index is 891. The molecule has 3 rings (SSSR count). The Balaban J connectivity index is 1.83. The second-order valence-electron chi connectivity index (χ2n) is 6.23. The van der Waals surface area contributed by atoms with Gasteiger partial charge in [-0.1, -0.05) is 38.1 Å². The molecule has 5 heteroatoms. The van der Waals surface area contributed by atoms with E-state index in [9.17, 15) is 9.59 Å². The summed E-state index contributed by atoms with van der Waals surface area (Å²) in [5.74, 6) is -0.178. The van der Waals surface area contributed by atoms with Crippen LogP contribution in [0.25, 0.3) is 6.08 Å². The lowest BCUT2D eigenvalue weighted by molar-refractivity contribution is -0.129. The maximum absolute atomic E-state index is 12.1. The highest BCUT2D eigenvalue weighted by Crippen LogP contribution is 2.21. The summed E-state index contributed by atoms with van der Waals surface area (Å²) >= 11 is 0. The van der Waals surface area contributed by atoms with Gasteiger partial charge in [0.2, 0.25) is 5.90 Å². The molecule has 0 atom stereocenters. The lowest BCUT2D eigenvalue weighted by Crippen LogP contribution is -2.05. The van der Waals surface area contributed by atoms with Crippen LogP contribution in [0.2, 0.25) is 0 Å². The zero-order chi connectivity index (χ0) is 18.7. The van der Waals surface area contributed by atoms with Crippen molar-refractivity contribution in [3.8, 4) is 0 Å². The molecule has 0 spiro atoms. The van der Waals surface area contributed by atoms with Gasteiger partial charge in [-0.2, -0.15) is 0 Å². The SMILES string of the molecule is COC(=O)c1ccc(/C=C2\N=C(c3ccc(C(C)C)cc3)OC2=O)cc1. The first-order chi connectivity index (χ1) is 12.5. The number of esters is 2. The predicted molar refractivity (Wildman–Crippen MR) is 98.9 cm³/mol. The fraction of sp³-hybridized carbons (Fsp3) is 0.190. The van der Waals surface area contributed by atoms with Crippen LogP contribution in [0.5, 0.6) is 0 Å². The molecule has 0 fully saturated rings. The van der Waals surface area contributed by atoms with E-state index in [2.05, 4.69) is 23.6 Å². The minimum atomic E-state index is -0.495. The Hall–Kier alpha value is -3.21. The zero-order valence-electron chi connectivity index (χ0n) is 14.9. The number of rotatable bonds is 4. The van der Waals surface area contributed by atoms with Crippen molar-refractivity contribution in [2.45, 2.75) is 19.8 Å². The minimum absolute atomic E-state index is 0.221. The van der Waals surface area contributed by atoms with E-state index < -0.39 is 11.9 Å². The van der Waals surface area contributed by atoms with Crippen molar-refractivity contribution in [3.63, 3.8) is 0 Å². The first-order valence-electron chi connectivity index (χ1n) is 8.29. The molecule has 0 radical (unpaired) electrons. The van der Waals surface area contributed by atoms with Gasteiger partial charge in [-0.3, -0.25) is 0 Å². The summed E-state index contributed by atoms with van der Waals surface area (Å²) in [6.45, 7) is 4.24. The smallest absolute Gasteiger partial charge is 0.363 e. The van der Waals surface area contributed by atoms with Gasteiger partial charge < -0.3 is 9.47 Å². The molecule has 132 valence electrons. The van der Waals surface area contributed by atoms with Crippen molar-refractivity contribution >= 4 is 23.9 Å². The van der Waals surface area contributed by atoms with E-state index in [-0.39, 0.29) is 5.70 Å². The minimum Gasteiger partial charge on any atom is -0.465 e. The van der Waals surface area contributed by atoms with Crippen LogP contribution in [0.3, 0.4) is 0 Å². The van der Waals surface area contributed by atoms with E-state index >= 15 is 0 Å². The van der Waals surface area contributed by atoms with Crippen molar-refractivity contribution in [2.24, 2.45) is 4.99 Å². The monoisotopic (exact) mass is 349 g/mol. The summed E-state index contributed by atoms with van der Waals surface area (Å²) in [7, 11) is 1.33. The molecule has 1 heterocycles. The second-order valence-corrected chi connectivity index (χ2v) is 6.23. The van der Waals surface area contributed by atoms with Crippen LogP contribution >= 0.6 is 0 Å². The Labute approximate surface area is 152 Å². The number of carbonyl (C=O) groups excluding carboxylic acids is 2. The number of ether oxygens (including phenoxy) is 2. The van der Waals surface area contributed by atoms with Crippen molar-refractivity contribution in [1.29, 1.82) is 0 Å². The van der Waals surface area contributed by atoms with Crippen LogP contribution in [-0.2, 0) is 14.3 Å². The quantitative estimate of drug-likeness (QED) is 0.619. The summed E-state index contributed by atoms with van der Waals surface area (Å²) in [4.78, 5) is 27.8. The van der Waals surface area contributed by atoms with Gasteiger partial charge in [0.15, 0.2) is 5.70 Å². The zero-order valence-corrected chi connectivity index (χ0v) is 14.9. The Morgan fingerprint density at radius 3 is 2.31 bits per heavy atom. The average molecular weight is 349 g/mol. The van der Waals surface area contributed by atoms with Crippen molar-refractivity contribution < 1.29 is 19.1 Å². The van der Waals surface area contributed by atoms with Gasteiger partial charge in [0, 0.05) is 5.56 Å². The van der Waals surface area contributed by atoms with Gasteiger partial charge in [-0.05, 0) is 47.4 Å². The summed E-state index contributed by atoms with van der Waals surface area (Å²) < 4.78 is 9.94. The number of methoxy groups -OCH3 is 1. The van der Waals surface area contributed by atoms with Crippen LogP contribution in [0, 0.1) is 0 Å². The molecule has 0 unspecified atom stereocenters. The highest BCUT2D eigenvalue weighted by Gasteiger charge is 2.24. The third-order valence-corrected chi connectivity index (χ3v) is 4.08. The molecule has 2 aromatic carbocycles. The van der Waals surface area contributed by atoms with Gasteiger partial charge >= 0.3 is 11.9 Å². The number of carbonyl (C=O) groups is 2. The van der Waals surface area contributed by atoms with Gasteiger partial charge in [0.1, 0.15) is 0 Å². The molecule has 2 aromatic rings. The van der Waals surface area contributed by atoms with Gasteiger partial charge in [0.05, 0.1) is 12.7 Å². The van der Waals surface area contributed by atoms with Gasteiger partial charge in [-0.25, -0.2) is 14.6 Å². The normalized spacial score (nSPS) is 15.2. The lowest BCUT2D eigenvalue weighted by atomic mass is 10.0. The topological polar surface area (TPSA) is 65.0 Å². The molecule has 1 aliphatic heterocycles.